The van der Waals surface area contributed by atoms with Gasteiger partial charge in [0, 0.05) is 31.9 Å². The predicted molar refractivity (Wildman–Crippen MR) is 84.7 cm³/mol. The van der Waals surface area contributed by atoms with Gasteiger partial charge in [-0.05, 0) is 53.5 Å². The number of hydrogen-bond donors (Lipinski definition) is 1. The smallest absolute Gasteiger partial charge is 0.0738 e. The number of nitrogens with one attached hydrogen (secondary N) is 1. The molecular formula is C15H21BrN4. The highest BCUT2D eigenvalue weighted by atomic mass is 79.9. The Labute approximate surface area is 128 Å². The zero-order valence-corrected chi connectivity index (χ0v) is 14.0. The molecule has 0 saturated heterocycles. The molecule has 2 aromatic heterocycles. The topological polar surface area (TPSA) is 42.7 Å². The molecule has 1 atom stereocenters. The quantitative estimate of drug-likeness (QED) is 0.912. The molecule has 0 aliphatic carbocycles. The Balaban J connectivity index is 2.33. The molecule has 0 spiro atoms. The third kappa shape index (κ3) is 3.10. The summed E-state index contributed by atoms with van der Waals surface area (Å²) >= 11 is 3.64. The number of likely N-dealkylation sites (N-methyl/N-ethyl adjacent to an activating group) is 1. The van der Waals surface area contributed by atoms with Crippen LogP contribution in [0.15, 0.2) is 22.9 Å². The molecule has 0 amide bonds. The maximum atomic E-state index is 4.47. The first-order chi connectivity index (χ1) is 9.54. The van der Waals surface area contributed by atoms with Crippen molar-refractivity contribution < 1.29 is 0 Å². The SMILES string of the molecule is CCNC(Cc1c(Br)c(C)nn1C)c1cnccc1C. The Morgan fingerprint density at radius 1 is 1.40 bits per heavy atom. The largest absolute Gasteiger partial charge is 0.310 e. The van der Waals surface area contributed by atoms with Gasteiger partial charge in [0.1, 0.15) is 0 Å². The van der Waals surface area contributed by atoms with Crippen LogP contribution in [0.1, 0.15) is 35.5 Å². The van der Waals surface area contributed by atoms with Gasteiger partial charge in [-0.15, -0.1) is 0 Å². The number of halogens is 1. The van der Waals surface area contributed by atoms with Gasteiger partial charge >= 0.3 is 0 Å². The standard InChI is InChI=1S/C15H21BrN4/c1-5-18-13(12-9-17-7-6-10(12)2)8-14-15(16)11(3)19-20(14)4/h6-7,9,13,18H,5,8H2,1-4H3. The molecule has 0 bridgehead atoms. The lowest BCUT2D eigenvalue weighted by molar-refractivity contribution is 0.524. The molecule has 2 heterocycles. The van der Waals surface area contributed by atoms with Gasteiger partial charge in [0.2, 0.25) is 0 Å². The first kappa shape index (κ1) is 15.2. The van der Waals surface area contributed by atoms with Gasteiger partial charge < -0.3 is 5.32 Å². The Bertz CT molecular complexity index is 592. The molecular weight excluding hydrogens is 316 g/mol. The van der Waals surface area contributed by atoms with Gasteiger partial charge in [-0.25, -0.2) is 0 Å². The molecule has 108 valence electrons. The van der Waals surface area contributed by atoms with Gasteiger partial charge in [0.15, 0.2) is 0 Å². The molecule has 4 nitrogen and oxygen atoms in total. The minimum atomic E-state index is 0.250. The van der Waals surface area contributed by atoms with Crippen LogP contribution < -0.4 is 5.32 Å². The second kappa shape index (κ2) is 6.50. The van der Waals surface area contributed by atoms with Crippen molar-refractivity contribution in [2.45, 2.75) is 33.2 Å². The first-order valence-electron chi connectivity index (χ1n) is 6.86. The van der Waals surface area contributed by atoms with Crippen LogP contribution in [0.4, 0.5) is 0 Å². The molecule has 1 unspecified atom stereocenters. The zero-order valence-electron chi connectivity index (χ0n) is 12.4. The van der Waals surface area contributed by atoms with E-state index in [1.165, 1.54) is 16.8 Å². The fourth-order valence-electron chi connectivity index (χ4n) is 2.47. The van der Waals surface area contributed by atoms with E-state index >= 15 is 0 Å². The van der Waals surface area contributed by atoms with Crippen LogP contribution in [-0.4, -0.2) is 21.3 Å². The Morgan fingerprint density at radius 2 is 2.15 bits per heavy atom. The van der Waals surface area contributed by atoms with E-state index in [1.807, 2.05) is 31.0 Å². The number of nitrogens with zero attached hydrogens (tertiary/aromatic N) is 3. The van der Waals surface area contributed by atoms with Gasteiger partial charge in [0.05, 0.1) is 15.9 Å². The summed E-state index contributed by atoms with van der Waals surface area (Å²) in [5.41, 5.74) is 4.75. The number of pyridine rings is 1. The van der Waals surface area contributed by atoms with E-state index in [1.54, 1.807) is 0 Å². The Kier molecular flexibility index (Phi) is 4.94. The second-order valence-electron chi connectivity index (χ2n) is 5.02. The van der Waals surface area contributed by atoms with Crippen LogP contribution in [0.3, 0.4) is 0 Å². The number of aromatic nitrogens is 3. The van der Waals surface area contributed by atoms with Crippen molar-refractivity contribution in [3.05, 3.63) is 45.4 Å². The molecule has 1 N–H and O–H groups in total. The summed E-state index contributed by atoms with van der Waals surface area (Å²) in [6, 6.07) is 2.31. The summed E-state index contributed by atoms with van der Waals surface area (Å²) in [6.07, 6.45) is 4.68. The second-order valence-corrected chi connectivity index (χ2v) is 5.81. The minimum Gasteiger partial charge on any atom is -0.310 e. The maximum Gasteiger partial charge on any atom is 0.0738 e. The van der Waals surface area contributed by atoms with E-state index in [0.29, 0.717) is 0 Å². The summed E-state index contributed by atoms with van der Waals surface area (Å²) < 4.78 is 3.06. The first-order valence-corrected chi connectivity index (χ1v) is 7.65. The summed E-state index contributed by atoms with van der Waals surface area (Å²) in [7, 11) is 1.99. The van der Waals surface area contributed by atoms with Crippen molar-refractivity contribution in [2.75, 3.05) is 6.54 Å². The molecule has 0 aromatic carbocycles. The van der Waals surface area contributed by atoms with E-state index in [-0.39, 0.29) is 6.04 Å². The maximum absolute atomic E-state index is 4.47. The molecule has 5 heteroatoms. The molecule has 0 radical (unpaired) electrons. The van der Waals surface area contributed by atoms with Crippen molar-refractivity contribution in [1.29, 1.82) is 0 Å². The van der Waals surface area contributed by atoms with Crippen LogP contribution in [-0.2, 0) is 13.5 Å². The normalized spacial score (nSPS) is 12.7. The van der Waals surface area contributed by atoms with Crippen molar-refractivity contribution in [3.8, 4) is 0 Å². The summed E-state index contributed by atoms with van der Waals surface area (Å²) in [5.74, 6) is 0. The van der Waals surface area contributed by atoms with Gasteiger partial charge in [-0.3, -0.25) is 9.67 Å². The fraction of sp³-hybridized carbons (Fsp3) is 0.467. The van der Waals surface area contributed by atoms with Gasteiger partial charge in [-0.2, -0.15) is 5.10 Å². The monoisotopic (exact) mass is 336 g/mol. The van der Waals surface area contributed by atoms with E-state index in [9.17, 15) is 0 Å². The highest BCUT2D eigenvalue weighted by Gasteiger charge is 2.19. The number of rotatable bonds is 5. The molecule has 0 fully saturated rings. The van der Waals surface area contributed by atoms with Crippen molar-refractivity contribution >= 4 is 15.9 Å². The minimum absolute atomic E-state index is 0.250. The predicted octanol–water partition coefficient (Wildman–Crippen LogP) is 3.09. The third-order valence-electron chi connectivity index (χ3n) is 3.56. The highest BCUT2D eigenvalue weighted by Crippen LogP contribution is 2.27. The lowest BCUT2D eigenvalue weighted by Crippen LogP contribution is -2.25. The van der Waals surface area contributed by atoms with Crippen LogP contribution in [0.5, 0.6) is 0 Å². The summed E-state index contributed by atoms with van der Waals surface area (Å²) in [5, 5.41) is 8.02. The van der Waals surface area contributed by atoms with Crippen LogP contribution in [0.25, 0.3) is 0 Å². The van der Waals surface area contributed by atoms with E-state index in [2.05, 4.69) is 51.2 Å². The lowest BCUT2D eigenvalue weighted by Gasteiger charge is -2.20. The fourth-order valence-corrected chi connectivity index (χ4v) is 2.97. The number of hydrogen-bond acceptors (Lipinski definition) is 3. The molecule has 0 aliphatic rings. The highest BCUT2D eigenvalue weighted by molar-refractivity contribution is 9.10. The molecule has 0 saturated carbocycles. The summed E-state index contributed by atoms with van der Waals surface area (Å²) in [4.78, 5) is 4.27. The molecule has 20 heavy (non-hydrogen) atoms. The Hall–Kier alpha value is -1.20. The third-order valence-corrected chi connectivity index (χ3v) is 4.60. The van der Waals surface area contributed by atoms with Gasteiger partial charge in [-0.1, -0.05) is 6.92 Å². The molecule has 0 aliphatic heterocycles. The van der Waals surface area contributed by atoms with Crippen molar-refractivity contribution in [2.24, 2.45) is 7.05 Å². The lowest BCUT2D eigenvalue weighted by atomic mass is 9.99. The van der Waals surface area contributed by atoms with Crippen molar-refractivity contribution in [3.63, 3.8) is 0 Å². The summed E-state index contributed by atoms with van der Waals surface area (Å²) in [6.45, 7) is 7.20. The average Bonchev–Trinajstić information content (AvgIpc) is 2.65. The zero-order chi connectivity index (χ0) is 14.7. The average molecular weight is 337 g/mol. The molecule has 2 rings (SSSR count). The Morgan fingerprint density at radius 3 is 2.70 bits per heavy atom. The van der Waals surface area contributed by atoms with Crippen molar-refractivity contribution in [1.82, 2.24) is 20.1 Å². The van der Waals surface area contributed by atoms with E-state index in [0.717, 1.165) is 23.1 Å². The van der Waals surface area contributed by atoms with Crippen LogP contribution >= 0.6 is 15.9 Å². The van der Waals surface area contributed by atoms with Crippen LogP contribution in [0, 0.1) is 13.8 Å². The molecule has 2 aromatic rings. The van der Waals surface area contributed by atoms with E-state index in [4.69, 9.17) is 0 Å². The van der Waals surface area contributed by atoms with Gasteiger partial charge in [0.25, 0.3) is 0 Å². The van der Waals surface area contributed by atoms with E-state index < -0.39 is 0 Å². The van der Waals surface area contributed by atoms with Crippen LogP contribution in [0.2, 0.25) is 0 Å². The number of aryl methyl sites for hydroxylation is 3.